The fourth-order valence-electron chi connectivity index (χ4n) is 1.39. The van der Waals surface area contributed by atoms with Gasteiger partial charge in [-0.15, -0.1) is 0 Å². The molecular weight excluding hydrogens is 250 g/mol. The predicted octanol–water partition coefficient (Wildman–Crippen LogP) is 1.07. The lowest BCUT2D eigenvalue weighted by Gasteiger charge is -2.21. The first-order chi connectivity index (χ1) is 8.36. The minimum absolute atomic E-state index is 0.267. The van der Waals surface area contributed by atoms with Crippen LogP contribution in [0.4, 0.5) is 5.69 Å². The zero-order valence-corrected chi connectivity index (χ0v) is 11.9. The molecule has 0 aliphatic heterocycles. The Balaban J connectivity index is 2.87. The van der Waals surface area contributed by atoms with Gasteiger partial charge in [-0.25, -0.2) is 0 Å². The Bertz CT molecular complexity index is 486. The van der Waals surface area contributed by atoms with E-state index in [9.17, 15) is 8.42 Å². The highest BCUT2D eigenvalue weighted by molar-refractivity contribution is 7.90. The quantitative estimate of drug-likeness (QED) is 0.812. The van der Waals surface area contributed by atoms with Gasteiger partial charge in [-0.3, -0.25) is 4.31 Å². The highest BCUT2D eigenvalue weighted by Gasteiger charge is 2.18. The predicted molar refractivity (Wildman–Crippen MR) is 74.5 cm³/mol. The standard InChI is InChI=1S/C12H21N3O2S/c1-10(2)9-14-18(16,17)15(3)12-6-4-5-11(7-12)8-13/h4-7,10,14H,8-9,13H2,1-3H3. The molecular formula is C12H21N3O2S. The first kappa shape index (κ1) is 14.9. The van der Waals surface area contributed by atoms with Crippen LogP contribution in [-0.4, -0.2) is 22.0 Å². The Kier molecular flexibility index (Phi) is 5.13. The third kappa shape index (κ3) is 3.97. The Labute approximate surface area is 109 Å². The van der Waals surface area contributed by atoms with E-state index in [-0.39, 0.29) is 5.92 Å². The molecule has 1 aromatic carbocycles. The monoisotopic (exact) mass is 271 g/mol. The maximum absolute atomic E-state index is 12.0. The van der Waals surface area contributed by atoms with Gasteiger partial charge in [-0.1, -0.05) is 26.0 Å². The first-order valence-corrected chi connectivity index (χ1v) is 7.33. The van der Waals surface area contributed by atoms with Crippen LogP contribution >= 0.6 is 0 Å². The Morgan fingerprint density at radius 1 is 1.39 bits per heavy atom. The summed E-state index contributed by atoms with van der Waals surface area (Å²) in [5, 5.41) is 0. The SMILES string of the molecule is CC(C)CNS(=O)(=O)N(C)c1cccc(CN)c1. The minimum atomic E-state index is -3.49. The lowest BCUT2D eigenvalue weighted by atomic mass is 10.2. The van der Waals surface area contributed by atoms with E-state index in [1.54, 1.807) is 18.2 Å². The molecule has 0 radical (unpaired) electrons. The van der Waals surface area contributed by atoms with Crippen molar-refractivity contribution < 1.29 is 8.42 Å². The normalized spacial score (nSPS) is 11.8. The summed E-state index contributed by atoms with van der Waals surface area (Å²) in [4.78, 5) is 0. The van der Waals surface area contributed by atoms with Crippen molar-refractivity contribution in [3.63, 3.8) is 0 Å². The molecule has 0 amide bonds. The van der Waals surface area contributed by atoms with Crippen LogP contribution in [0.1, 0.15) is 19.4 Å². The molecule has 0 saturated carbocycles. The van der Waals surface area contributed by atoms with Gasteiger partial charge in [-0.2, -0.15) is 13.1 Å². The van der Waals surface area contributed by atoms with Crippen molar-refractivity contribution in [1.29, 1.82) is 0 Å². The molecule has 3 N–H and O–H groups in total. The zero-order valence-electron chi connectivity index (χ0n) is 11.1. The van der Waals surface area contributed by atoms with Crippen LogP contribution in [0.15, 0.2) is 24.3 Å². The second-order valence-electron chi connectivity index (χ2n) is 4.59. The molecule has 18 heavy (non-hydrogen) atoms. The van der Waals surface area contributed by atoms with Gasteiger partial charge in [0.1, 0.15) is 0 Å². The summed E-state index contributed by atoms with van der Waals surface area (Å²) in [6, 6.07) is 7.18. The number of anilines is 1. The van der Waals surface area contributed by atoms with Gasteiger partial charge in [0.15, 0.2) is 0 Å². The molecule has 0 unspecified atom stereocenters. The maximum Gasteiger partial charge on any atom is 0.301 e. The van der Waals surface area contributed by atoms with Crippen molar-refractivity contribution in [2.45, 2.75) is 20.4 Å². The van der Waals surface area contributed by atoms with E-state index in [2.05, 4.69) is 4.72 Å². The van der Waals surface area contributed by atoms with Crippen molar-refractivity contribution in [1.82, 2.24) is 4.72 Å². The molecule has 0 spiro atoms. The number of nitrogens with zero attached hydrogens (tertiary/aromatic N) is 1. The van der Waals surface area contributed by atoms with Crippen molar-refractivity contribution >= 4 is 15.9 Å². The second-order valence-corrected chi connectivity index (χ2v) is 6.38. The summed E-state index contributed by atoms with van der Waals surface area (Å²) in [5.41, 5.74) is 7.05. The van der Waals surface area contributed by atoms with Gasteiger partial charge in [0.2, 0.25) is 0 Å². The number of benzene rings is 1. The molecule has 0 bridgehead atoms. The zero-order chi connectivity index (χ0) is 13.8. The van der Waals surface area contributed by atoms with Gasteiger partial charge in [0.25, 0.3) is 0 Å². The largest absolute Gasteiger partial charge is 0.326 e. The molecule has 1 aromatic rings. The van der Waals surface area contributed by atoms with Crippen molar-refractivity contribution in [2.75, 3.05) is 17.9 Å². The van der Waals surface area contributed by atoms with E-state index in [4.69, 9.17) is 5.73 Å². The third-order valence-electron chi connectivity index (χ3n) is 2.54. The Morgan fingerprint density at radius 3 is 2.61 bits per heavy atom. The first-order valence-electron chi connectivity index (χ1n) is 5.89. The van der Waals surface area contributed by atoms with E-state index in [0.29, 0.717) is 18.8 Å². The third-order valence-corrected chi connectivity index (χ3v) is 4.01. The van der Waals surface area contributed by atoms with E-state index in [1.165, 1.54) is 11.4 Å². The number of hydrogen-bond acceptors (Lipinski definition) is 3. The number of hydrogen-bond donors (Lipinski definition) is 2. The van der Waals surface area contributed by atoms with Crippen LogP contribution in [0.3, 0.4) is 0 Å². The van der Waals surface area contributed by atoms with Crippen LogP contribution in [0.2, 0.25) is 0 Å². The average Bonchev–Trinajstić information content (AvgIpc) is 2.35. The average molecular weight is 271 g/mol. The molecule has 0 aromatic heterocycles. The summed E-state index contributed by atoms with van der Waals surface area (Å²) >= 11 is 0. The van der Waals surface area contributed by atoms with E-state index >= 15 is 0 Å². The highest BCUT2D eigenvalue weighted by Crippen LogP contribution is 2.17. The summed E-state index contributed by atoms with van der Waals surface area (Å²) < 4.78 is 27.8. The van der Waals surface area contributed by atoms with Crippen molar-refractivity contribution in [3.8, 4) is 0 Å². The molecule has 0 aliphatic carbocycles. The molecule has 0 heterocycles. The van der Waals surface area contributed by atoms with Crippen LogP contribution < -0.4 is 14.8 Å². The topological polar surface area (TPSA) is 75.4 Å². The van der Waals surface area contributed by atoms with Crippen LogP contribution in [0.5, 0.6) is 0 Å². The molecule has 5 nitrogen and oxygen atoms in total. The molecule has 0 atom stereocenters. The van der Waals surface area contributed by atoms with Gasteiger partial charge in [0.05, 0.1) is 5.69 Å². The molecule has 0 fully saturated rings. The van der Waals surface area contributed by atoms with Gasteiger partial charge < -0.3 is 5.73 Å². The van der Waals surface area contributed by atoms with Crippen molar-refractivity contribution in [2.24, 2.45) is 11.7 Å². The van der Waals surface area contributed by atoms with Crippen LogP contribution in [-0.2, 0) is 16.8 Å². The summed E-state index contributed by atoms with van der Waals surface area (Å²) in [6.45, 7) is 4.72. The molecule has 1 rings (SSSR count). The minimum Gasteiger partial charge on any atom is -0.326 e. The summed E-state index contributed by atoms with van der Waals surface area (Å²) in [5.74, 6) is 0.267. The fourth-order valence-corrected chi connectivity index (χ4v) is 2.52. The molecule has 6 heteroatoms. The smallest absolute Gasteiger partial charge is 0.301 e. The van der Waals surface area contributed by atoms with Crippen LogP contribution in [0, 0.1) is 5.92 Å². The molecule has 102 valence electrons. The van der Waals surface area contributed by atoms with E-state index in [1.807, 2.05) is 19.9 Å². The van der Waals surface area contributed by atoms with E-state index < -0.39 is 10.2 Å². The lowest BCUT2D eigenvalue weighted by molar-refractivity contribution is 0.558. The maximum atomic E-state index is 12.0. The van der Waals surface area contributed by atoms with Crippen LogP contribution in [0.25, 0.3) is 0 Å². The lowest BCUT2D eigenvalue weighted by Crippen LogP contribution is -2.39. The molecule has 0 aliphatic rings. The Hall–Kier alpha value is -1.11. The number of nitrogens with one attached hydrogen (secondary N) is 1. The fraction of sp³-hybridized carbons (Fsp3) is 0.500. The van der Waals surface area contributed by atoms with E-state index in [0.717, 1.165) is 5.56 Å². The number of nitrogens with two attached hydrogens (primary N) is 1. The van der Waals surface area contributed by atoms with Gasteiger partial charge >= 0.3 is 10.2 Å². The van der Waals surface area contributed by atoms with Gasteiger partial charge in [0, 0.05) is 20.1 Å². The van der Waals surface area contributed by atoms with Crippen molar-refractivity contribution in [3.05, 3.63) is 29.8 Å². The summed E-state index contributed by atoms with van der Waals surface area (Å²) in [7, 11) is -1.96. The summed E-state index contributed by atoms with van der Waals surface area (Å²) in [6.07, 6.45) is 0. The number of rotatable bonds is 6. The second kappa shape index (κ2) is 6.17. The van der Waals surface area contributed by atoms with Gasteiger partial charge in [-0.05, 0) is 23.6 Å². The Morgan fingerprint density at radius 2 is 2.06 bits per heavy atom. The molecule has 0 saturated heterocycles. The highest BCUT2D eigenvalue weighted by atomic mass is 32.2.